The van der Waals surface area contributed by atoms with Gasteiger partial charge in [0.15, 0.2) is 0 Å². The van der Waals surface area contributed by atoms with Gasteiger partial charge >= 0.3 is 0 Å². The molecule has 0 radical (unpaired) electrons. The number of pyridine rings is 1. The van der Waals surface area contributed by atoms with E-state index in [2.05, 4.69) is 10.3 Å². The number of nitrogens with one attached hydrogen (secondary N) is 1. The summed E-state index contributed by atoms with van der Waals surface area (Å²) in [6.45, 7) is 6.29. The van der Waals surface area contributed by atoms with Gasteiger partial charge in [-0.1, -0.05) is 6.07 Å². The number of hydrogen-bond acceptors (Lipinski definition) is 5. The highest BCUT2D eigenvalue weighted by Crippen LogP contribution is 2.23. The van der Waals surface area contributed by atoms with Crippen molar-refractivity contribution in [2.45, 2.75) is 37.9 Å². The summed E-state index contributed by atoms with van der Waals surface area (Å²) in [5.41, 5.74) is 2.45. The number of benzene rings is 1. The molecule has 4 rings (SSSR count). The van der Waals surface area contributed by atoms with E-state index in [0.29, 0.717) is 24.4 Å². The van der Waals surface area contributed by atoms with E-state index in [1.165, 1.54) is 16.4 Å². The number of nitrogens with zero attached hydrogens (tertiary/aromatic N) is 3. The van der Waals surface area contributed by atoms with Crippen molar-refractivity contribution in [1.29, 1.82) is 0 Å². The number of aryl methyl sites for hydroxylation is 1. The third-order valence-corrected chi connectivity index (χ3v) is 6.91. The van der Waals surface area contributed by atoms with Crippen LogP contribution in [0.3, 0.4) is 0 Å². The van der Waals surface area contributed by atoms with Gasteiger partial charge in [-0.25, -0.2) is 13.4 Å². The number of anilines is 1. The number of carbonyl (C=O) groups excluding carboxylic acids is 1. The zero-order valence-corrected chi connectivity index (χ0v) is 17.9. The fourth-order valence-corrected chi connectivity index (χ4v) is 5.23. The Kier molecular flexibility index (Phi) is 5.35. The smallest absolute Gasteiger partial charge is 0.275 e. The molecule has 1 fully saturated rings. The Morgan fingerprint density at radius 2 is 1.77 bits per heavy atom. The molecule has 2 aromatic heterocycles. The molecule has 1 aromatic carbocycles. The molecule has 0 saturated carbocycles. The van der Waals surface area contributed by atoms with Crippen molar-refractivity contribution in [3.63, 3.8) is 0 Å². The number of imidazole rings is 1. The van der Waals surface area contributed by atoms with Crippen molar-refractivity contribution in [2.24, 2.45) is 0 Å². The number of hydrogen-bond donors (Lipinski definition) is 1. The molecule has 1 aliphatic heterocycles. The quantitative estimate of drug-likeness (QED) is 0.690. The number of rotatable bonds is 4. The molecule has 0 spiro atoms. The van der Waals surface area contributed by atoms with Crippen LogP contribution in [0.1, 0.15) is 30.0 Å². The first-order valence-corrected chi connectivity index (χ1v) is 11.2. The van der Waals surface area contributed by atoms with E-state index in [4.69, 9.17) is 4.74 Å². The molecule has 3 heterocycles. The van der Waals surface area contributed by atoms with Gasteiger partial charge in [0.05, 0.1) is 17.1 Å². The first-order valence-electron chi connectivity index (χ1n) is 9.76. The van der Waals surface area contributed by atoms with Gasteiger partial charge in [-0.05, 0) is 57.2 Å². The monoisotopic (exact) mass is 428 g/mol. The maximum absolute atomic E-state index is 12.9. The van der Waals surface area contributed by atoms with Crippen LogP contribution in [0, 0.1) is 6.92 Å². The number of sulfonamides is 1. The average Bonchev–Trinajstić information content (AvgIpc) is 3.14. The third-order valence-electron chi connectivity index (χ3n) is 5.06. The minimum Gasteiger partial charge on any atom is -0.373 e. The summed E-state index contributed by atoms with van der Waals surface area (Å²) in [6, 6.07) is 11.8. The summed E-state index contributed by atoms with van der Waals surface area (Å²) >= 11 is 0. The van der Waals surface area contributed by atoms with Crippen molar-refractivity contribution in [3.8, 4) is 0 Å². The lowest BCUT2D eigenvalue weighted by atomic mass is 10.3. The molecule has 2 atom stereocenters. The molecule has 8 nitrogen and oxygen atoms in total. The van der Waals surface area contributed by atoms with Crippen LogP contribution in [-0.2, 0) is 14.8 Å². The molecule has 1 N–H and O–H groups in total. The molecule has 30 heavy (non-hydrogen) atoms. The van der Waals surface area contributed by atoms with Crippen molar-refractivity contribution in [1.82, 2.24) is 13.7 Å². The summed E-state index contributed by atoms with van der Waals surface area (Å²) in [5, 5.41) is 2.77. The lowest BCUT2D eigenvalue weighted by molar-refractivity contribution is -0.0440. The number of carbonyl (C=O) groups is 1. The second-order valence-corrected chi connectivity index (χ2v) is 9.52. The fourth-order valence-electron chi connectivity index (χ4n) is 3.64. The van der Waals surface area contributed by atoms with Crippen LogP contribution in [0.15, 0.2) is 53.6 Å². The highest BCUT2D eigenvalue weighted by molar-refractivity contribution is 7.89. The molecular weight excluding hydrogens is 404 g/mol. The van der Waals surface area contributed by atoms with Gasteiger partial charge in [0.1, 0.15) is 11.3 Å². The van der Waals surface area contributed by atoms with E-state index in [9.17, 15) is 13.2 Å². The summed E-state index contributed by atoms with van der Waals surface area (Å²) in [5.74, 6) is -0.357. The van der Waals surface area contributed by atoms with Crippen molar-refractivity contribution in [3.05, 3.63) is 60.0 Å². The van der Waals surface area contributed by atoms with Gasteiger partial charge < -0.3 is 14.5 Å². The second kappa shape index (κ2) is 7.82. The summed E-state index contributed by atoms with van der Waals surface area (Å²) in [6.07, 6.45) is 1.37. The topological polar surface area (TPSA) is 93.0 Å². The zero-order chi connectivity index (χ0) is 21.5. The van der Waals surface area contributed by atoms with Crippen LogP contribution in [-0.4, -0.2) is 53.3 Å². The lowest BCUT2D eigenvalue weighted by Crippen LogP contribution is -2.48. The van der Waals surface area contributed by atoms with E-state index in [0.717, 1.165) is 5.69 Å². The molecule has 0 unspecified atom stereocenters. The molecular formula is C21H24N4O4S. The molecule has 0 bridgehead atoms. The molecule has 9 heteroatoms. The van der Waals surface area contributed by atoms with Crippen molar-refractivity contribution >= 4 is 27.3 Å². The van der Waals surface area contributed by atoms with Gasteiger partial charge in [-0.3, -0.25) is 4.79 Å². The fraction of sp³-hybridized carbons (Fsp3) is 0.333. The van der Waals surface area contributed by atoms with Gasteiger partial charge in [0.25, 0.3) is 5.91 Å². The number of aromatic nitrogens is 2. The predicted molar refractivity (Wildman–Crippen MR) is 113 cm³/mol. The Morgan fingerprint density at radius 1 is 1.10 bits per heavy atom. The lowest BCUT2D eigenvalue weighted by Gasteiger charge is -2.34. The average molecular weight is 429 g/mol. The van der Waals surface area contributed by atoms with Gasteiger partial charge in [0, 0.05) is 30.7 Å². The first-order chi connectivity index (χ1) is 14.2. The maximum atomic E-state index is 12.9. The van der Waals surface area contributed by atoms with E-state index < -0.39 is 10.0 Å². The molecule has 1 aliphatic rings. The normalized spacial score (nSPS) is 20.4. The molecule has 1 amide bonds. The highest BCUT2D eigenvalue weighted by atomic mass is 32.2. The Bertz CT molecular complexity index is 1180. The van der Waals surface area contributed by atoms with Gasteiger partial charge in [-0.15, -0.1) is 0 Å². The van der Waals surface area contributed by atoms with E-state index in [-0.39, 0.29) is 28.7 Å². The Morgan fingerprint density at radius 3 is 2.40 bits per heavy atom. The Balaban J connectivity index is 1.50. The van der Waals surface area contributed by atoms with E-state index in [1.54, 1.807) is 18.3 Å². The van der Waals surface area contributed by atoms with Crippen LogP contribution in [0.25, 0.3) is 5.65 Å². The summed E-state index contributed by atoms with van der Waals surface area (Å²) < 4.78 is 34.8. The Labute approximate surface area is 175 Å². The second-order valence-electron chi connectivity index (χ2n) is 7.58. The number of morpholine rings is 1. The standard InChI is InChI=1S/C21H24N4O4S/c1-14-5-4-6-20-23-19(13-25(14)20)21(26)22-17-7-9-18(10-8-17)30(27,28)24-11-15(2)29-16(3)12-24/h4-10,13,15-16H,11-12H2,1-3H3,(H,22,26)/t15-,16-/m0/s1. The van der Waals surface area contributed by atoms with Crippen LogP contribution >= 0.6 is 0 Å². The molecule has 3 aromatic rings. The van der Waals surface area contributed by atoms with Crippen LogP contribution in [0.5, 0.6) is 0 Å². The van der Waals surface area contributed by atoms with Crippen molar-refractivity contribution in [2.75, 3.05) is 18.4 Å². The molecule has 1 saturated heterocycles. The van der Waals surface area contributed by atoms with Gasteiger partial charge in [-0.2, -0.15) is 4.31 Å². The minimum atomic E-state index is -3.62. The molecule has 0 aliphatic carbocycles. The van der Waals surface area contributed by atoms with E-state index in [1.807, 2.05) is 43.4 Å². The Hall–Kier alpha value is -2.75. The highest BCUT2D eigenvalue weighted by Gasteiger charge is 2.32. The SMILES string of the molecule is Cc1cccc2nc(C(=O)Nc3ccc(S(=O)(=O)N4C[C@H](C)O[C@@H](C)C4)cc3)cn12. The first kappa shape index (κ1) is 20.5. The zero-order valence-electron chi connectivity index (χ0n) is 17.1. The third kappa shape index (κ3) is 3.96. The largest absolute Gasteiger partial charge is 0.373 e. The van der Waals surface area contributed by atoms with Crippen molar-refractivity contribution < 1.29 is 17.9 Å². The number of amides is 1. The number of ether oxygens (including phenoxy) is 1. The van der Waals surface area contributed by atoms with Crippen LogP contribution < -0.4 is 5.32 Å². The summed E-state index contributed by atoms with van der Waals surface area (Å²) in [4.78, 5) is 17.1. The minimum absolute atomic E-state index is 0.156. The number of fused-ring (bicyclic) bond motifs is 1. The molecule has 158 valence electrons. The van der Waals surface area contributed by atoms with Gasteiger partial charge in [0.2, 0.25) is 10.0 Å². The maximum Gasteiger partial charge on any atom is 0.275 e. The van der Waals surface area contributed by atoms with Crippen LogP contribution in [0.2, 0.25) is 0 Å². The van der Waals surface area contributed by atoms with E-state index >= 15 is 0 Å². The predicted octanol–water partition coefficient (Wildman–Crippen LogP) is 2.69. The van der Waals surface area contributed by atoms with Crippen LogP contribution in [0.4, 0.5) is 5.69 Å². The summed E-state index contributed by atoms with van der Waals surface area (Å²) in [7, 11) is -3.62.